The topological polar surface area (TPSA) is 47.4 Å². The quantitative estimate of drug-likeness (QED) is 0.721. The molecule has 1 amide bonds. The molecule has 0 radical (unpaired) electrons. The highest BCUT2D eigenvalue weighted by atomic mass is 16.5. The van der Waals surface area contributed by atoms with Crippen molar-refractivity contribution < 1.29 is 9.53 Å². The lowest BCUT2D eigenvalue weighted by Gasteiger charge is -2.34. The van der Waals surface area contributed by atoms with Gasteiger partial charge in [-0.3, -0.25) is 9.48 Å². The summed E-state index contributed by atoms with van der Waals surface area (Å²) in [5.41, 5.74) is 3.42. The molecule has 1 aromatic heterocycles. The van der Waals surface area contributed by atoms with Crippen molar-refractivity contribution in [1.29, 1.82) is 0 Å². The summed E-state index contributed by atoms with van der Waals surface area (Å²) in [5, 5.41) is 4.56. The number of fused-ring (bicyclic) bond motifs is 1. The lowest BCUT2D eigenvalue weighted by molar-refractivity contribution is 0.0946. The maximum Gasteiger partial charge on any atom is 0.276 e. The van der Waals surface area contributed by atoms with E-state index in [-0.39, 0.29) is 11.9 Å². The molecule has 0 fully saturated rings. The average Bonchev–Trinajstić information content (AvgIpc) is 3.05. The molecular formula is C21H21N3O2. The number of carbonyl (C=O) groups is 1. The Morgan fingerprint density at radius 1 is 1.12 bits per heavy atom. The minimum atomic E-state index is -0.0171. The van der Waals surface area contributed by atoms with Crippen LogP contribution in [0.1, 0.15) is 28.7 Å². The summed E-state index contributed by atoms with van der Waals surface area (Å²) in [6, 6.07) is 19.5. The zero-order chi connectivity index (χ0) is 18.1. The van der Waals surface area contributed by atoms with E-state index in [0.29, 0.717) is 18.8 Å². The van der Waals surface area contributed by atoms with Gasteiger partial charge < -0.3 is 9.64 Å². The second-order valence-corrected chi connectivity index (χ2v) is 6.62. The van der Waals surface area contributed by atoms with Gasteiger partial charge >= 0.3 is 0 Å². The Labute approximate surface area is 152 Å². The monoisotopic (exact) mass is 347 g/mol. The van der Waals surface area contributed by atoms with Crippen molar-refractivity contribution in [1.82, 2.24) is 9.78 Å². The SMILES string of the molecule is Cc1ccccc1N1C(=O)c2cc(COc3ccccc3)nn2C[C@H]1C. The first-order chi connectivity index (χ1) is 12.6. The van der Waals surface area contributed by atoms with Gasteiger partial charge in [-0.05, 0) is 43.7 Å². The molecule has 1 atom stereocenters. The Morgan fingerprint density at radius 3 is 2.62 bits per heavy atom. The Kier molecular flexibility index (Phi) is 4.21. The molecule has 0 saturated carbocycles. The molecule has 5 heteroatoms. The minimum Gasteiger partial charge on any atom is -0.487 e. The molecule has 0 spiro atoms. The standard InChI is InChI=1S/C21H21N3O2/c1-15-8-6-7-11-19(15)24-16(2)13-23-20(21(24)25)12-17(22-23)14-26-18-9-4-3-5-10-18/h3-12,16H,13-14H2,1-2H3/t16-/m1/s1. The second-order valence-electron chi connectivity index (χ2n) is 6.62. The molecule has 5 nitrogen and oxygen atoms in total. The third kappa shape index (κ3) is 2.96. The third-order valence-corrected chi connectivity index (χ3v) is 4.65. The number of ether oxygens (including phenoxy) is 1. The number of amides is 1. The predicted molar refractivity (Wildman–Crippen MR) is 100 cm³/mol. The maximum atomic E-state index is 13.1. The summed E-state index contributed by atoms with van der Waals surface area (Å²) >= 11 is 0. The molecule has 2 heterocycles. The molecule has 0 bridgehead atoms. The van der Waals surface area contributed by atoms with Crippen LogP contribution in [0.5, 0.6) is 5.75 Å². The van der Waals surface area contributed by atoms with Gasteiger partial charge in [0.05, 0.1) is 12.6 Å². The molecule has 1 aliphatic heterocycles. The summed E-state index contributed by atoms with van der Waals surface area (Å²) in [5.74, 6) is 0.774. The number of anilines is 1. The fraction of sp³-hybridized carbons (Fsp3) is 0.238. The van der Waals surface area contributed by atoms with E-state index in [2.05, 4.69) is 12.0 Å². The molecule has 0 saturated heterocycles. The van der Waals surface area contributed by atoms with Gasteiger partial charge in [0.25, 0.3) is 5.91 Å². The highest BCUT2D eigenvalue weighted by Crippen LogP contribution is 2.28. The molecule has 2 aromatic carbocycles. The van der Waals surface area contributed by atoms with Crippen LogP contribution in [0, 0.1) is 6.92 Å². The number of para-hydroxylation sites is 2. The molecule has 0 aliphatic carbocycles. The average molecular weight is 347 g/mol. The summed E-state index contributed by atoms with van der Waals surface area (Å²) in [4.78, 5) is 15.0. The number of hydrogen-bond donors (Lipinski definition) is 0. The van der Waals surface area contributed by atoms with Crippen LogP contribution in [-0.4, -0.2) is 21.7 Å². The van der Waals surface area contributed by atoms with Crippen molar-refractivity contribution in [2.75, 3.05) is 4.90 Å². The lowest BCUT2D eigenvalue weighted by atomic mass is 10.1. The van der Waals surface area contributed by atoms with Gasteiger partial charge in [0.1, 0.15) is 23.7 Å². The van der Waals surface area contributed by atoms with Gasteiger partial charge in [0.2, 0.25) is 0 Å². The van der Waals surface area contributed by atoms with Gasteiger partial charge in [-0.1, -0.05) is 36.4 Å². The van der Waals surface area contributed by atoms with Crippen molar-refractivity contribution in [3.8, 4) is 5.75 Å². The zero-order valence-corrected chi connectivity index (χ0v) is 14.9. The zero-order valence-electron chi connectivity index (χ0n) is 14.9. The normalized spacial score (nSPS) is 16.5. The molecule has 3 aromatic rings. The van der Waals surface area contributed by atoms with Crippen LogP contribution in [0.25, 0.3) is 0 Å². The molecule has 132 valence electrons. The second kappa shape index (κ2) is 6.67. The molecule has 4 rings (SSSR count). The number of aromatic nitrogens is 2. The predicted octanol–water partition coefficient (Wildman–Crippen LogP) is 3.82. The van der Waals surface area contributed by atoms with Gasteiger partial charge in [0.15, 0.2) is 0 Å². The van der Waals surface area contributed by atoms with Gasteiger partial charge in [-0.15, -0.1) is 0 Å². The van der Waals surface area contributed by atoms with Crippen molar-refractivity contribution in [2.45, 2.75) is 33.0 Å². The smallest absolute Gasteiger partial charge is 0.276 e. The van der Waals surface area contributed by atoms with Crippen molar-refractivity contribution >= 4 is 11.6 Å². The Balaban J connectivity index is 1.58. The van der Waals surface area contributed by atoms with E-state index in [1.165, 1.54) is 0 Å². The summed E-state index contributed by atoms with van der Waals surface area (Å²) in [7, 11) is 0. The summed E-state index contributed by atoms with van der Waals surface area (Å²) < 4.78 is 7.56. The molecule has 1 aliphatic rings. The molecular weight excluding hydrogens is 326 g/mol. The molecule has 0 N–H and O–H groups in total. The van der Waals surface area contributed by atoms with Crippen molar-refractivity contribution in [2.24, 2.45) is 0 Å². The van der Waals surface area contributed by atoms with E-state index < -0.39 is 0 Å². The van der Waals surface area contributed by atoms with Crippen LogP contribution >= 0.6 is 0 Å². The maximum absolute atomic E-state index is 13.1. The van der Waals surface area contributed by atoms with Crippen molar-refractivity contribution in [3.63, 3.8) is 0 Å². The minimum absolute atomic E-state index is 0.0171. The lowest BCUT2D eigenvalue weighted by Crippen LogP contribution is -2.47. The molecule has 0 unspecified atom stereocenters. The van der Waals surface area contributed by atoms with E-state index in [4.69, 9.17) is 4.74 Å². The van der Waals surface area contributed by atoms with Gasteiger partial charge in [0, 0.05) is 5.69 Å². The fourth-order valence-electron chi connectivity index (χ4n) is 3.36. The Morgan fingerprint density at radius 2 is 1.85 bits per heavy atom. The number of nitrogens with zero attached hydrogens (tertiary/aromatic N) is 3. The first kappa shape index (κ1) is 16.4. The van der Waals surface area contributed by atoms with Gasteiger partial charge in [-0.25, -0.2) is 0 Å². The van der Waals surface area contributed by atoms with Gasteiger partial charge in [-0.2, -0.15) is 5.10 Å². The van der Waals surface area contributed by atoms with E-state index in [1.54, 1.807) is 4.68 Å². The van der Waals surface area contributed by atoms with Crippen LogP contribution in [0.3, 0.4) is 0 Å². The number of hydrogen-bond acceptors (Lipinski definition) is 3. The summed E-state index contributed by atoms with van der Waals surface area (Å²) in [6.45, 7) is 5.09. The first-order valence-corrected chi connectivity index (χ1v) is 8.77. The number of rotatable bonds is 4. The van der Waals surface area contributed by atoms with E-state index >= 15 is 0 Å². The number of benzene rings is 2. The highest BCUT2D eigenvalue weighted by molar-refractivity contribution is 6.06. The van der Waals surface area contributed by atoms with Crippen LogP contribution in [0.2, 0.25) is 0 Å². The number of aryl methyl sites for hydroxylation is 1. The first-order valence-electron chi connectivity index (χ1n) is 8.77. The van der Waals surface area contributed by atoms with E-state index in [0.717, 1.165) is 22.7 Å². The van der Waals surface area contributed by atoms with E-state index in [9.17, 15) is 4.79 Å². The van der Waals surface area contributed by atoms with Crippen LogP contribution in [-0.2, 0) is 13.2 Å². The third-order valence-electron chi connectivity index (χ3n) is 4.65. The molecule has 26 heavy (non-hydrogen) atoms. The highest BCUT2D eigenvalue weighted by Gasteiger charge is 2.33. The van der Waals surface area contributed by atoms with E-state index in [1.807, 2.05) is 72.5 Å². The van der Waals surface area contributed by atoms with Crippen molar-refractivity contribution in [3.05, 3.63) is 77.6 Å². The van der Waals surface area contributed by atoms with Crippen LogP contribution in [0.15, 0.2) is 60.7 Å². The Bertz CT molecular complexity index is 933. The number of carbonyl (C=O) groups excluding carboxylic acids is 1. The van der Waals surface area contributed by atoms with Crippen LogP contribution in [0.4, 0.5) is 5.69 Å². The van der Waals surface area contributed by atoms with Crippen LogP contribution < -0.4 is 9.64 Å². The largest absolute Gasteiger partial charge is 0.487 e. The fourth-order valence-corrected chi connectivity index (χ4v) is 3.36. The Hall–Kier alpha value is -3.08. The summed E-state index contributed by atoms with van der Waals surface area (Å²) in [6.07, 6.45) is 0.